The van der Waals surface area contributed by atoms with Crippen LogP contribution in [0.3, 0.4) is 0 Å². The zero-order valence-corrected chi connectivity index (χ0v) is 22.0. The quantitative estimate of drug-likeness (QED) is 0.195. The summed E-state index contributed by atoms with van der Waals surface area (Å²) in [4.78, 5) is 0. The fraction of sp³-hybridized carbons (Fsp3) is 0. The molecule has 0 radical (unpaired) electrons. The second-order valence-electron chi connectivity index (χ2n) is 9.90. The van der Waals surface area contributed by atoms with Crippen LogP contribution in [0.25, 0.3) is 87.6 Å². The summed E-state index contributed by atoms with van der Waals surface area (Å²) in [7, 11) is 0. The second-order valence-corrected chi connectivity index (χ2v) is 9.90. The van der Waals surface area contributed by atoms with Gasteiger partial charge in [-0.15, -0.1) is 0 Å². The number of rotatable bonds is 3. The highest BCUT2D eigenvalue weighted by atomic mass is 16.3. The van der Waals surface area contributed by atoms with Crippen LogP contribution in [0.5, 0.6) is 0 Å². The van der Waals surface area contributed by atoms with Crippen molar-refractivity contribution in [1.29, 1.82) is 0 Å². The molecule has 0 aliphatic rings. The Morgan fingerprint density at radius 2 is 0.907 bits per heavy atom. The van der Waals surface area contributed by atoms with Crippen LogP contribution in [0, 0.1) is 0 Å². The van der Waals surface area contributed by atoms with Gasteiger partial charge < -0.3 is 4.42 Å². The Hall–Kier alpha value is -5.66. The molecule has 0 atom stereocenters. The lowest BCUT2D eigenvalue weighted by Gasteiger charge is -2.18. The van der Waals surface area contributed by atoms with Crippen LogP contribution in [-0.2, 0) is 0 Å². The molecule has 1 nitrogen and oxygen atoms in total. The Morgan fingerprint density at radius 1 is 0.349 bits per heavy atom. The highest BCUT2D eigenvalue weighted by molar-refractivity contribution is 6.21. The van der Waals surface area contributed by atoms with E-state index in [2.05, 4.69) is 0 Å². The van der Waals surface area contributed by atoms with E-state index in [4.69, 9.17) is 27.7 Å². The van der Waals surface area contributed by atoms with Crippen molar-refractivity contribution in [2.75, 3.05) is 0 Å². The molecular weight excluding hydrogens is 520 g/mol. The van der Waals surface area contributed by atoms with Gasteiger partial charge in [-0.05, 0) is 89.9 Å². The Labute approximate surface area is 274 Å². The zero-order valence-electron chi connectivity index (χ0n) is 40.0. The molecule has 1 aromatic heterocycles. The van der Waals surface area contributed by atoms with E-state index in [1.807, 2.05) is 0 Å². The van der Waals surface area contributed by atoms with Gasteiger partial charge in [-0.3, -0.25) is 0 Å². The lowest BCUT2D eigenvalue weighted by Crippen LogP contribution is -1.91. The van der Waals surface area contributed by atoms with E-state index in [9.17, 15) is 1.37 Å². The summed E-state index contributed by atoms with van der Waals surface area (Å²) in [5.74, 6) is 0. The van der Waals surface area contributed by atoms with E-state index in [0.29, 0.717) is 27.5 Å². The molecule has 0 aliphatic heterocycles. The summed E-state index contributed by atoms with van der Waals surface area (Å²) in [5.41, 5.74) is 0.590. The topological polar surface area (TPSA) is 13.1 Å². The first-order valence-corrected chi connectivity index (χ1v) is 13.3. The van der Waals surface area contributed by atoms with E-state index in [-0.39, 0.29) is 90.4 Å². The first kappa shape index (κ1) is 12.3. The summed E-state index contributed by atoms with van der Waals surface area (Å²) < 4.78 is 161. The Kier molecular flexibility index (Phi) is 2.70. The molecule has 9 aromatic rings. The average Bonchev–Trinajstić information content (AvgIpc) is 3.64. The van der Waals surface area contributed by atoms with Gasteiger partial charge in [0, 0.05) is 10.8 Å². The number of fused-ring (bicyclic) bond motifs is 6. The number of furan rings is 1. The minimum Gasteiger partial charge on any atom is -0.456 e. The lowest BCUT2D eigenvalue weighted by atomic mass is 9.85. The first-order valence-electron chi connectivity index (χ1n) is 22.3. The molecule has 0 N–H and O–H groups in total. The number of hydrogen-bond donors (Lipinski definition) is 0. The summed E-state index contributed by atoms with van der Waals surface area (Å²) in [6, 6.07) is 3.84. The molecule has 1 heterocycles. The SMILES string of the molecule is [2H]c1cc2c(-c3ccc(-c4c([2H])c([2H])c5c(oc6c([2H])c([2H])c([2H])c([2H])c65)c4[2H])cc3)c3cc([2H])c([2H])cc3c(-c3c([2H])c([2H])c4c([2H])c([2H])c([2H])c([2H])c4c3[2H])c2cc1[2H]. The van der Waals surface area contributed by atoms with Gasteiger partial charge >= 0.3 is 0 Å². The molecule has 200 valence electrons. The van der Waals surface area contributed by atoms with Gasteiger partial charge in [0.25, 0.3) is 0 Å². The lowest BCUT2D eigenvalue weighted by molar-refractivity contribution is 0.669. The fourth-order valence-corrected chi connectivity index (χ4v) is 5.62. The van der Waals surface area contributed by atoms with E-state index in [1.54, 1.807) is 24.3 Å². The molecule has 43 heavy (non-hydrogen) atoms. The zero-order chi connectivity index (χ0) is 44.0. The summed E-state index contributed by atoms with van der Waals surface area (Å²) in [5, 5.41) is 0.264. The van der Waals surface area contributed by atoms with Crippen molar-refractivity contribution in [3.63, 3.8) is 0 Å². The first-order chi connectivity index (χ1) is 28.8. The molecule has 9 rings (SSSR count). The van der Waals surface area contributed by atoms with E-state index >= 15 is 0 Å². The van der Waals surface area contributed by atoms with Crippen molar-refractivity contribution < 1.29 is 29.1 Å². The number of benzene rings is 8. The average molecular weight is 565 g/mol. The van der Waals surface area contributed by atoms with Crippen molar-refractivity contribution >= 4 is 54.3 Å². The highest BCUT2D eigenvalue weighted by Crippen LogP contribution is 2.44. The highest BCUT2D eigenvalue weighted by Gasteiger charge is 2.17. The minimum atomic E-state index is -0.636. The molecular formula is C42H26O. The van der Waals surface area contributed by atoms with Crippen LogP contribution >= 0.6 is 0 Å². The normalized spacial score (nSPS) is 17.6. The van der Waals surface area contributed by atoms with Gasteiger partial charge in [0.2, 0.25) is 0 Å². The third-order valence-electron chi connectivity index (χ3n) is 7.54. The van der Waals surface area contributed by atoms with Crippen LogP contribution in [0.2, 0.25) is 0 Å². The van der Waals surface area contributed by atoms with Gasteiger partial charge in [-0.25, -0.2) is 0 Å². The van der Waals surface area contributed by atoms with Crippen LogP contribution in [-0.4, -0.2) is 0 Å². The maximum Gasteiger partial charge on any atom is 0.136 e. The molecule has 0 unspecified atom stereocenters. The molecule has 0 fully saturated rings. The second kappa shape index (κ2) is 9.44. The molecule has 1 heteroatoms. The Bertz CT molecular complexity index is 3430. The van der Waals surface area contributed by atoms with E-state index < -0.39 is 78.6 Å². The van der Waals surface area contributed by atoms with Crippen molar-refractivity contribution in [1.82, 2.24) is 0 Å². The standard InChI is InChI=1S/C42H26O/c1-2-10-30-25-32(22-19-27(30)9-1)42-37-14-5-3-12-35(37)41(36-13-4-6-15-38(36)42)29-20-17-28(18-21-29)31-23-24-34-33-11-7-8-16-39(33)43-40(34)26-31/h1-26H/i1D,2D,3D,4D,5D,6D,7D,8D,9D,10D,11D,16D,19D,22D,23D,24D,25D,26D. The minimum absolute atomic E-state index is 0.0190. The van der Waals surface area contributed by atoms with Crippen LogP contribution in [0.15, 0.2) is 162 Å². The molecule has 0 amide bonds. The summed E-state index contributed by atoms with van der Waals surface area (Å²) in [6.45, 7) is 0. The van der Waals surface area contributed by atoms with Crippen LogP contribution in [0.4, 0.5) is 0 Å². The number of para-hydroxylation sites is 1. The molecule has 0 spiro atoms. The van der Waals surface area contributed by atoms with Gasteiger partial charge in [0.05, 0.1) is 24.7 Å². The third-order valence-corrected chi connectivity index (χ3v) is 7.54. The van der Waals surface area contributed by atoms with E-state index in [0.717, 1.165) is 0 Å². The van der Waals surface area contributed by atoms with Crippen molar-refractivity contribution in [2.24, 2.45) is 0 Å². The monoisotopic (exact) mass is 564 g/mol. The van der Waals surface area contributed by atoms with Gasteiger partial charge in [-0.1, -0.05) is 133 Å². The molecule has 0 aliphatic carbocycles. The van der Waals surface area contributed by atoms with Crippen molar-refractivity contribution in [3.8, 4) is 33.4 Å². The van der Waals surface area contributed by atoms with Gasteiger partial charge in [-0.2, -0.15) is 0 Å². The number of hydrogen-bond acceptors (Lipinski definition) is 1. The van der Waals surface area contributed by atoms with Gasteiger partial charge in [0.1, 0.15) is 11.2 Å². The van der Waals surface area contributed by atoms with Crippen molar-refractivity contribution in [3.05, 3.63) is 157 Å². The van der Waals surface area contributed by atoms with E-state index in [1.165, 1.54) is 24.3 Å². The largest absolute Gasteiger partial charge is 0.456 e. The Balaban J connectivity index is 1.34. The summed E-state index contributed by atoms with van der Waals surface area (Å²) in [6.07, 6.45) is 0. The van der Waals surface area contributed by atoms with Crippen LogP contribution in [0.1, 0.15) is 24.7 Å². The molecule has 0 saturated carbocycles. The van der Waals surface area contributed by atoms with Crippen LogP contribution < -0.4 is 0 Å². The summed E-state index contributed by atoms with van der Waals surface area (Å²) >= 11 is 0. The predicted octanol–water partition coefficient (Wildman–Crippen LogP) is 12.0. The third kappa shape index (κ3) is 3.79. The molecule has 0 bridgehead atoms. The maximum absolute atomic E-state index is 9.35. The predicted molar refractivity (Wildman–Crippen MR) is 183 cm³/mol. The smallest absolute Gasteiger partial charge is 0.136 e. The molecule has 8 aromatic carbocycles. The molecule has 0 saturated heterocycles. The van der Waals surface area contributed by atoms with Gasteiger partial charge in [0.15, 0.2) is 0 Å². The fourth-order valence-electron chi connectivity index (χ4n) is 5.62. The Morgan fingerprint density at radius 3 is 1.63 bits per heavy atom. The maximum atomic E-state index is 9.35. The van der Waals surface area contributed by atoms with Crippen molar-refractivity contribution in [2.45, 2.75) is 0 Å².